The minimum atomic E-state index is 0.0972. The van der Waals surface area contributed by atoms with Crippen LogP contribution in [0.5, 0.6) is 0 Å². The summed E-state index contributed by atoms with van der Waals surface area (Å²) in [4.78, 5) is 15.3. The van der Waals surface area contributed by atoms with Crippen molar-refractivity contribution in [1.29, 1.82) is 0 Å². The van der Waals surface area contributed by atoms with E-state index in [0.29, 0.717) is 0 Å². The van der Waals surface area contributed by atoms with E-state index in [4.69, 9.17) is 0 Å². The third-order valence-electron chi connectivity index (χ3n) is 2.55. The second-order valence-corrected chi connectivity index (χ2v) is 3.40. The van der Waals surface area contributed by atoms with Crippen molar-refractivity contribution in [2.24, 2.45) is 0 Å². The minimum Gasteiger partial charge on any atom is -0.355 e. The van der Waals surface area contributed by atoms with Crippen LogP contribution < -0.4 is 16.0 Å². The number of aromatic amines is 1. The van der Waals surface area contributed by atoms with Gasteiger partial charge in [-0.1, -0.05) is 24.3 Å². The Hall–Kier alpha value is -1.83. The highest BCUT2D eigenvalue weighted by atomic mass is 16.1. The van der Waals surface area contributed by atoms with Crippen molar-refractivity contribution in [2.45, 2.75) is 13.8 Å². The smallest absolute Gasteiger partial charge is 0.196 e. The molecule has 0 bridgehead atoms. The lowest BCUT2D eigenvalue weighted by Crippen LogP contribution is -2.40. The Kier molecular flexibility index (Phi) is 2.42. The largest absolute Gasteiger partial charge is 0.355 e. The first-order chi connectivity index (χ1) is 7.27. The predicted molar refractivity (Wildman–Crippen MR) is 64.1 cm³/mol. The summed E-state index contributed by atoms with van der Waals surface area (Å²) in [6.45, 7) is 3.80. The molecule has 0 amide bonds. The Bertz CT molecular complexity index is 665. The summed E-state index contributed by atoms with van der Waals surface area (Å²) >= 11 is 0. The molecular weight excluding hydrogens is 186 g/mol. The lowest BCUT2D eigenvalue weighted by Gasteiger charge is -1.97. The SMILES string of the molecule is C/C=c1/[nH]c2ccccc2c(=O)/c1=C/C. The van der Waals surface area contributed by atoms with Gasteiger partial charge in [-0.25, -0.2) is 0 Å². The first-order valence-electron chi connectivity index (χ1n) is 5.01. The van der Waals surface area contributed by atoms with E-state index in [1.54, 1.807) is 0 Å². The van der Waals surface area contributed by atoms with Crippen LogP contribution in [0.3, 0.4) is 0 Å². The molecule has 1 heterocycles. The summed E-state index contributed by atoms with van der Waals surface area (Å²) < 4.78 is 0. The summed E-state index contributed by atoms with van der Waals surface area (Å²) in [6.07, 6.45) is 3.77. The van der Waals surface area contributed by atoms with Crippen molar-refractivity contribution >= 4 is 23.1 Å². The molecule has 0 radical (unpaired) electrons. The number of benzene rings is 1. The van der Waals surface area contributed by atoms with Crippen LogP contribution in [-0.4, -0.2) is 4.98 Å². The summed E-state index contributed by atoms with van der Waals surface area (Å²) in [6, 6.07) is 7.57. The van der Waals surface area contributed by atoms with Gasteiger partial charge in [-0.2, -0.15) is 0 Å². The molecule has 2 heteroatoms. The first-order valence-corrected chi connectivity index (χ1v) is 5.01. The molecule has 0 unspecified atom stereocenters. The van der Waals surface area contributed by atoms with E-state index in [0.717, 1.165) is 21.5 Å². The number of hydrogen-bond acceptors (Lipinski definition) is 1. The third kappa shape index (κ3) is 1.48. The van der Waals surface area contributed by atoms with Gasteiger partial charge in [-0.05, 0) is 26.0 Å². The molecule has 0 aliphatic rings. The molecule has 0 saturated carbocycles. The molecule has 0 atom stereocenters. The fraction of sp³-hybridized carbons (Fsp3) is 0.154. The van der Waals surface area contributed by atoms with Crippen LogP contribution in [-0.2, 0) is 0 Å². The normalized spacial score (nSPS) is 13.7. The van der Waals surface area contributed by atoms with Gasteiger partial charge in [0.2, 0.25) is 0 Å². The highest BCUT2D eigenvalue weighted by molar-refractivity contribution is 5.78. The van der Waals surface area contributed by atoms with Crippen LogP contribution in [0.1, 0.15) is 13.8 Å². The second kappa shape index (κ2) is 3.73. The van der Waals surface area contributed by atoms with Gasteiger partial charge in [0.05, 0.1) is 0 Å². The fourth-order valence-electron chi connectivity index (χ4n) is 1.78. The molecule has 0 aliphatic heterocycles. The average molecular weight is 199 g/mol. The number of nitrogens with one attached hydrogen (secondary N) is 1. The van der Waals surface area contributed by atoms with E-state index < -0.39 is 0 Å². The molecule has 1 aromatic carbocycles. The molecule has 0 saturated heterocycles. The maximum absolute atomic E-state index is 12.1. The second-order valence-electron chi connectivity index (χ2n) is 3.40. The Morgan fingerprint density at radius 1 is 1.13 bits per heavy atom. The zero-order chi connectivity index (χ0) is 10.8. The molecule has 0 spiro atoms. The molecule has 0 fully saturated rings. The maximum Gasteiger partial charge on any atom is 0.196 e. The molecule has 2 aromatic rings. The molecule has 15 heavy (non-hydrogen) atoms. The van der Waals surface area contributed by atoms with Crippen molar-refractivity contribution in [3.05, 3.63) is 45.1 Å². The zero-order valence-corrected chi connectivity index (χ0v) is 8.87. The van der Waals surface area contributed by atoms with Crippen molar-refractivity contribution < 1.29 is 0 Å². The topological polar surface area (TPSA) is 32.9 Å². The van der Waals surface area contributed by atoms with Gasteiger partial charge < -0.3 is 4.98 Å². The van der Waals surface area contributed by atoms with Crippen molar-refractivity contribution in [3.63, 3.8) is 0 Å². The van der Waals surface area contributed by atoms with Gasteiger partial charge in [0.25, 0.3) is 0 Å². The van der Waals surface area contributed by atoms with Crippen LogP contribution in [0.15, 0.2) is 29.1 Å². The average Bonchev–Trinajstić information content (AvgIpc) is 2.29. The number of pyridine rings is 1. The van der Waals surface area contributed by atoms with E-state index in [-0.39, 0.29) is 5.43 Å². The lowest BCUT2D eigenvalue weighted by molar-refractivity contribution is 1.25. The minimum absolute atomic E-state index is 0.0972. The number of para-hydroxylation sites is 1. The Morgan fingerprint density at radius 2 is 1.87 bits per heavy atom. The van der Waals surface area contributed by atoms with Gasteiger partial charge in [-0.15, -0.1) is 0 Å². The van der Waals surface area contributed by atoms with Gasteiger partial charge in [0.1, 0.15) is 0 Å². The number of H-pyrrole nitrogens is 1. The molecule has 2 nitrogen and oxygen atoms in total. The van der Waals surface area contributed by atoms with E-state index >= 15 is 0 Å². The molecule has 0 aliphatic carbocycles. The maximum atomic E-state index is 12.1. The van der Waals surface area contributed by atoms with Crippen molar-refractivity contribution in [1.82, 2.24) is 4.98 Å². The number of aromatic nitrogens is 1. The number of rotatable bonds is 0. The van der Waals surface area contributed by atoms with Crippen LogP contribution in [0.25, 0.3) is 23.1 Å². The highest BCUT2D eigenvalue weighted by Crippen LogP contribution is 2.01. The molecular formula is C13H13NO. The van der Waals surface area contributed by atoms with E-state index in [9.17, 15) is 4.79 Å². The van der Waals surface area contributed by atoms with Crippen molar-refractivity contribution in [2.75, 3.05) is 0 Å². The Labute approximate surface area is 87.6 Å². The highest BCUT2D eigenvalue weighted by Gasteiger charge is 1.99. The van der Waals surface area contributed by atoms with Gasteiger partial charge in [0, 0.05) is 21.5 Å². The molecule has 1 N–H and O–H groups in total. The Morgan fingerprint density at radius 3 is 2.53 bits per heavy atom. The first kappa shape index (κ1) is 9.71. The van der Waals surface area contributed by atoms with Gasteiger partial charge in [0.15, 0.2) is 5.43 Å². The van der Waals surface area contributed by atoms with E-state index in [2.05, 4.69) is 4.98 Å². The van der Waals surface area contributed by atoms with Crippen LogP contribution >= 0.6 is 0 Å². The van der Waals surface area contributed by atoms with Gasteiger partial charge >= 0.3 is 0 Å². The third-order valence-corrected chi connectivity index (χ3v) is 2.55. The summed E-state index contributed by atoms with van der Waals surface area (Å²) in [5.74, 6) is 0. The quantitative estimate of drug-likeness (QED) is 0.678. The number of hydrogen-bond donors (Lipinski definition) is 1. The van der Waals surface area contributed by atoms with E-state index in [1.165, 1.54) is 0 Å². The van der Waals surface area contributed by atoms with Crippen LogP contribution in [0.4, 0.5) is 0 Å². The van der Waals surface area contributed by atoms with Crippen molar-refractivity contribution in [3.8, 4) is 0 Å². The van der Waals surface area contributed by atoms with Gasteiger partial charge in [-0.3, -0.25) is 4.79 Å². The molecule has 2 rings (SSSR count). The van der Waals surface area contributed by atoms with Crippen LogP contribution in [0, 0.1) is 0 Å². The Balaban J connectivity index is 3.17. The standard InChI is InChI=1S/C13H13NO/c1-3-9-11(4-2)14-12-8-6-5-7-10(12)13(9)15/h3-8,14H,1-2H3/b9-3+,11-4+. The van der Waals surface area contributed by atoms with E-state index in [1.807, 2.05) is 50.3 Å². The summed E-state index contributed by atoms with van der Waals surface area (Å²) in [7, 11) is 0. The number of fused-ring (bicyclic) bond motifs is 1. The molecule has 1 aromatic heterocycles. The fourth-order valence-corrected chi connectivity index (χ4v) is 1.78. The summed E-state index contributed by atoms with van der Waals surface area (Å²) in [5.41, 5.74) is 0.987. The zero-order valence-electron chi connectivity index (χ0n) is 8.87. The van der Waals surface area contributed by atoms with Crippen LogP contribution in [0.2, 0.25) is 0 Å². The monoisotopic (exact) mass is 199 g/mol. The summed E-state index contributed by atoms with van der Waals surface area (Å²) in [5, 5.41) is 2.38. The molecule has 76 valence electrons. The predicted octanol–water partition coefficient (Wildman–Crippen LogP) is 1.13. The lowest BCUT2D eigenvalue weighted by atomic mass is 10.2.